The average molecular weight is 480 g/mol. The van der Waals surface area contributed by atoms with Crippen LogP contribution >= 0.6 is 12.6 Å². The zero-order valence-electron chi connectivity index (χ0n) is 20.9. The van der Waals surface area contributed by atoms with Crippen LogP contribution in [0.1, 0.15) is 78.8 Å². The Morgan fingerprint density at radius 2 is 1.73 bits per heavy atom. The van der Waals surface area contributed by atoms with Gasteiger partial charge in [0.1, 0.15) is 17.7 Å². The molecule has 0 aliphatic rings. The second kappa shape index (κ2) is 14.1. The van der Waals surface area contributed by atoms with Crippen molar-refractivity contribution in [3.05, 3.63) is 35.9 Å². The van der Waals surface area contributed by atoms with Crippen LogP contribution in [0.25, 0.3) is 0 Å². The second-order valence-electron chi connectivity index (χ2n) is 9.20. The standard InChI is InChI=1S/C25H41N3O4S/c1-7-9-13-16-26-22(29)21(19-14-11-10-12-15-19)28(18(3)8-2)23(30)20(17-33)27-24(31)32-25(4,5)6/h10-12,14-15,18,20-21,33H,7-9,13,16-17H2,1-6H3,(H,26,29)(H,27,31). The molecule has 1 aromatic rings. The number of hydrogen-bond acceptors (Lipinski definition) is 5. The van der Waals surface area contributed by atoms with Gasteiger partial charge < -0.3 is 20.3 Å². The molecule has 7 nitrogen and oxygen atoms in total. The lowest BCUT2D eigenvalue weighted by Gasteiger charge is -2.38. The maximum Gasteiger partial charge on any atom is 0.408 e. The maximum atomic E-state index is 13.7. The molecule has 0 fully saturated rings. The predicted molar refractivity (Wildman–Crippen MR) is 135 cm³/mol. The number of nitrogens with one attached hydrogen (secondary N) is 2. The molecule has 1 aromatic carbocycles. The number of unbranched alkanes of at least 4 members (excludes halogenated alkanes) is 2. The van der Waals surface area contributed by atoms with Crippen molar-refractivity contribution in [2.24, 2.45) is 0 Å². The number of carbonyl (C=O) groups excluding carboxylic acids is 3. The molecule has 3 unspecified atom stereocenters. The molecule has 2 N–H and O–H groups in total. The molecule has 1 rings (SSSR count). The van der Waals surface area contributed by atoms with Crippen LogP contribution in [0.2, 0.25) is 0 Å². The number of ether oxygens (including phenoxy) is 1. The molecule has 3 amide bonds. The molecule has 0 bridgehead atoms. The highest BCUT2D eigenvalue weighted by atomic mass is 32.1. The number of hydrogen-bond donors (Lipinski definition) is 3. The number of amides is 3. The van der Waals surface area contributed by atoms with Crippen molar-refractivity contribution in [3.8, 4) is 0 Å². The molecule has 8 heteroatoms. The van der Waals surface area contributed by atoms with Crippen LogP contribution in [-0.4, -0.2) is 52.8 Å². The van der Waals surface area contributed by atoms with Gasteiger partial charge in [-0.25, -0.2) is 4.79 Å². The van der Waals surface area contributed by atoms with Gasteiger partial charge in [0.05, 0.1) is 0 Å². The molecule has 0 spiro atoms. The van der Waals surface area contributed by atoms with E-state index in [0.29, 0.717) is 18.5 Å². The zero-order valence-corrected chi connectivity index (χ0v) is 21.8. The zero-order chi connectivity index (χ0) is 25.0. The highest BCUT2D eigenvalue weighted by molar-refractivity contribution is 7.80. The van der Waals surface area contributed by atoms with E-state index >= 15 is 0 Å². The first-order valence-electron chi connectivity index (χ1n) is 11.8. The Bertz CT molecular complexity index is 752. The van der Waals surface area contributed by atoms with Crippen molar-refractivity contribution in [2.75, 3.05) is 12.3 Å². The van der Waals surface area contributed by atoms with Gasteiger partial charge in [0.2, 0.25) is 11.8 Å². The summed E-state index contributed by atoms with van der Waals surface area (Å²) >= 11 is 4.30. The summed E-state index contributed by atoms with van der Waals surface area (Å²) in [6, 6.07) is 7.25. The van der Waals surface area contributed by atoms with Crippen LogP contribution in [0, 0.1) is 0 Å². The quantitative estimate of drug-likeness (QED) is 0.305. The van der Waals surface area contributed by atoms with E-state index in [9.17, 15) is 14.4 Å². The minimum Gasteiger partial charge on any atom is -0.444 e. The summed E-state index contributed by atoms with van der Waals surface area (Å²) < 4.78 is 5.32. The van der Waals surface area contributed by atoms with E-state index in [0.717, 1.165) is 19.3 Å². The monoisotopic (exact) mass is 479 g/mol. The Morgan fingerprint density at radius 1 is 1.09 bits per heavy atom. The minimum absolute atomic E-state index is 0.0740. The molecular formula is C25H41N3O4S. The Balaban J connectivity index is 3.26. The molecule has 0 saturated carbocycles. The first-order chi connectivity index (χ1) is 15.6. The van der Waals surface area contributed by atoms with E-state index < -0.39 is 23.8 Å². The molecule has 33 heavy (non-hydrogen) atoms. The van der Waals surface area contributed by atoms with Crippen LogP contribution in [0.5, 0.6) is 0 Å². The van der Waals surface area contributed by atoms with Gasteiger partial charge in [0.15, 0.2) is 0 Å². The Hall–Kier alpha value is -2.22. The number of alkyl carbamates (subject to hydrolysis) is 1. The van der Waals surface area contributed by atoms with E-state index in [-0.39, 0.29) is 23.6 Å². The summed E-state index contributed by atoms with van der Waals surface area (Å²) in [6.45, 7) is 11.8. The summed E-state index contributed by atoms with van der Waals surface area (Å²) in [7, 11) is 0. The third-order valence-electron chi connectivity index (χ3n) is 5.21. The fraction of sp³-hybridized carbons (Fsp3) is 0.640. The molecule has 0 heterocycles. The van der Waals surface area contributed by atoms with Gasteiger partial charge in [-0.15, -0.1) is 0 Å². The summed E-state index contributed by atoms with van der Waals surface area (Å²) in [5, 5.41) is 5.62. The lowest BCUT2D eigenvalue weighted by atomic mass is 10.00. The third kappa shape index (κ3) is 9.66. The molecule has 0 aromatic heterocycles. The summed E-state index contributed by atoms with van der Waals surface area (Å²) in [5.41, 5.74) is 0.0182. The van der Waals surface area contributed by atoms with Gasteiger partial charge in [-0.2, -0.15) is 12.6 Å². The lowest BCUT2D eigenvalue weighted by molar-refractivity contribution is -0.144. The SMILES string of the molecule is CCCCCNC(=O)C(c1ccccc1)N(C(=O)C(CS)NC(=O)OC(C)(C)C)C(C)CC. The van der Waals surface area contributed by atoms with Crippen molar-refractivity contribution in [2.45, 2.75) is 91.0 Å². The van der Waals surface area contributed by atoms with Gasteiger partial charge >= 0.3 is 6.09 Å². The summed E-state index contributed by atoms with van der Waals surface area (Å²) in [6.07, 6.45) is 2.89. The van der Waals surface area contributed by atoms with Gasteiger partial charge in [0, 0.05) is 18.3 Å². The molecular weight excluding hydrogens is 438 g/mol. The number of carbonyl (C=O) groups is 3. The van der Waals surface area contributed by atoms with E-state index in [1.54, 1.807) is 25.7 Å². The van der Waals surface area contributed by atoms with E-state index in [2.05, 4.69) is 30.2 Å². The molecule has 0 saturated heterocycles. The molecule has 0 aliphatic heterocycles. The predicted octanol–water partition coefficient (Wildman–Crippen LogP) is 4.48. The van der Waals surface area contributed by atoms with Gasteiger partial charge in [0.25, 0.3) is 0 Å². The average Bonchev–Trinajstić information content (AvgIpc) is 2.77. The van der Waals surface area contributed by atoms with Crippen LogP contribution in [-0.2, 0) is 14.3 Å². The van der Waals surface area contributed by atoms with E-state index in [1.165, 1.54) is 0 Å². The van der Waals surface area contributed by atoms with Crippen molar-refractivity contribution >= 4 is 30.5 Å². The highest BCUT2D eigenvalue weighted by Gasteiger charge is 2.37. The molecule has 0 radical (unpaired) electrons. The van der Waals surface area contributed by atoms with E-state index in [4.69, 9.17) is 4.74 Å². The Kier molecular flexibility index (Phi) is 12.3. The van der Waals surface area contributed by atoms with Gasteiger partial charge in [-0.05, 0) is 46.1 Å². The maximum absolute atomic E-state index is 13.7. The van der Waals surface area contributed by atoms with Gasteiger partial charge in [-0.3, -0.25) is 9.59 Å². The first kappa shape index (κ1) is 28.8. The van der Waals surface area contributed by atoms with Crippen LogP contribution < -0.4 is 10.6 Å². The van der Waals surface area contributed by atoms with Crippen molar-refractivity contribution < 1.29 is 19.1 Å². The van der Waals surface area contributed by atoms with Crippen LogP contribution in [0.4, 0.5) is 4.79 Å². The molecule has 0 aliphatic carbocycles. The fourth-order valence-electron chi connectivity index (χ4n) is 3.37. The lowest BCUT2D eigenvalue weighted by Crippen LogP contribution is -2.56. The van der Waals surface area contributed by atoms with Crippen molar-refractivity contribution in [1.82, 2.24) is 15.5 Å². The normalized spacial score (nSPS) is 14.0. The topological polar surface area (TPSA) is 87.7 Å². The Labute approximate surface area is 204 Å². The molecule has 3 atom stereocenters. The second-order valence-corrected chi connectivity index (χ2v) is 9.56. The summed E-state index contributed by atoms with van der Waals surface area (Å²) in [4.78, 5) is 41.0. The smallest absolute Gasteiger partial charge is 0.408 e. The number of nitrogens with zero attached hydrogens (tertiary/aromatic N) is 1. The minimum atomic E-state index is -0.934. The largest absolute Gasteiger partial charge is 0.444 e. The number of rotatable bonds is 12. The third-order valence-corrected chi connectivity index (χ3v) is 5.58. The Morgan fingerprint density at radius 3 is 2.24 bits per heavy atom. The van der Waals surface area contributed by atoms with Gasteiger partial charge in [-0.1, -0.05) is 57.0 Å². The van der Waals surface area contributed by atoms with Crippen molar-refractivity contribution in [1.29, 1.82) is 0 Å². The summed E-state index contributed by atoms with van der Waals surface area (Å²) in [5.74, 6) is -0.533. The number of thiol groups is 1. The van der Waals surface area contributed by atoms with Crippen LogP contribution in [0.15, 0.2) is 30.3 Å². The molecule has 186 valence electrons. The number of benzene rings is 1. The highest BCUT2D eigenvalue weighted by Crippen LogP contribution is 2.26. The van der Waals surface area contributed by atoms with E-state index in [1.807, 2.05) is 44.2 Å². The van der Waals surface area contributed by atoms with Crippen molar-refractivity contribution in [3.63, 3.8) is 0 Å². The first-order valence-corrected chi connectivity index (χ1v) is 12.4. The van der Waals surface area contributed by atoms with Crippen LogP contribution in [0.3, 0.4) is 0 Å². The fourth-order valence-corrected chi connectivity index (χ4v) is 3.62.